The number of ketones is 1. The fourth-order valence-electron chi connectivity index (χ4n) is 2.11. The molecule has 1 heterocycles. The lowest BCUT2D eigenvalue weighted by Gasteiger charge is -2.06. The molecule has 0 aliphatic carbocycles. The van der Waals surface area contributed by atoms with Crippen molar-refractivity contribution in [2.45, 2.75) is 20.4 Å². The van der Waals surface area contributed by atoms with Crippen LogP contribution in [0, 0.1) is 19.7 Å². The van der Waals surface area contributed by atoms with Crippen LogP contribution in [0.15, 0.2) is 24.3 Å². The number of halogens is 1. The minimum Gasteiger partial charge on any atom is -0.345 e. The van der Waals surface area contributed by atoms with E-state index in [1.807, 2.05) is 0 Å². The Hall–Kier alpha value is -2.50. The summed E-state index contributed by atoms with van der Waals surface area (Å²) in [4.78, 5) is 24.1. The Morgan fingerprint density at radius 3 is 2.52 bits per heavy atom. The maximum Gasteiger partial charge on any atom is 0.292 e. The molecule has 6 heteroatoms. The van der Waals surface area contributed by atoms with Crippen LogP contribution < -0.4 is 5.32 Å². The molecular weight excluding hydrogens is 273 g/mol. The summed E-state index contributed by atoms with van der Waals surface area (Å²) in [5.74, 6) is -1.84. The second-order valence-corrected chi connectivity index (χ2v) is 4.77. The van der Waals surface area contributed by atoms with Crippen molar-refractivity contribution in [3.63, 3.8) is 0 Å². The molecule has 1 N–H and O–H groups in total. The third kappa shape index (κ3) is 2.99. The zero-order valence-corrected chi connectivity index (χ0v) is 12.1. The summed E-state index contributed by atoms with van der Waals surface area (Å²) >= 11 is 0. The van der Waals surface area contributed by atoms with Crippen LogP contribution in [0.3, 0.4) is 0 Å². The van der Waals surface area contributed by atoms with Gasteiger partial charge in [-0.2, -0.15) is 5.10 Å². The minimum absolute atomic E-state index is 0.0321. The fraction of sp³-hybridized carbons (Fsp3) is 0.267. The van der Waals surface area contributed by atoms with Crippen molar-refractivity contribution in [1.29, 1.82) is 0 Å². The number of aromatic nitrogens is 2. The van der Waals surface area contributed by atoms with Gasteiger partial charge in [-0.1, -0.05) is 18.2 Å². The number of carbonyl (C=O) groups is 2. The molecule has 110 valence electrons. The van der Waals surface area contributed by atoms with Crippen molar-refractivity contribution in [2.24, 2.45) is 7.05 Å². The first-order chi connectivity index (χ1) is 9.91. The van der Waals surface area contributed by atoms with E-state index in [4.69, 9.17) is 0 Å². The standard InChI is InChI=1S/C15H16FN3O2/c1-9-13(10(2)19(3)18-9)14(20)15(21)17-8-11-6-4-5-7-12(11)16/h4-7H,8H2,1-3H3,(H,17,21). The number of rotatable bonds is 4. The Bertz CT molecular complexity index is 707. The number of benzene rings is 1. The predicted molar refractivity (Wildman–Crippen MR) is 75.3 cm³/mol. The number of Topliss-reactive ketones (excluding diaryl/α,β-unsaturated/α-hetero) is 1. The lowest BCUT2D eigenvalue weighted by atomic mass is 10.1. The molecule has 1 aromatic heterocycles. The molecule has 0 aliphatic rings. The molecule has 21 heavy (non-hydrogen) atoms. The molecule has 0 spiro atoms. The SMILES string of the molecule is Cc1nn(C)c(C)c1C(=O)C(=O)NCc1ccccc1F. The Morgan fingerprint density at radius 1 is 1.29 bits per heavy atom. The quantitative estimate of drug-likeness (QED) is 0.688. The van der Waals surface area contributed by atoms with Crippen LogP contribution in [0.5, 0.6) is 0 Å². The van der Waals surface area contributed by atoms with Gasteiger partial charge >= 0.3 is 0 Å². The normalized spacial score (nSPS) is 10.5. The minimum atomic E-state index is -0.766. The maximum absolute atomic E-state index is 13.4. The Labute approximate surface area is 121 Å². The third-order valence-electron chi connectivity index (χ3n) is 3.34. The molecular formula is C15H16FN3O2. The van der Waals surface area contributed by atoms with Gasteiger partial charge in [-0.25, -0.2) is 4.39 Å². The molecule has 0 radical (unpaired) electrons. The van der Waals surface area contributed by atoms with Gasteiger partial charge in [0.1, 0.15) is 5.82 Å². The summed E-state index contributed by atoms with van der Waals surface area (Å²) in [5, 5.41) is 6.54. The monoisotopic (exact) mass is 289 g/mol. The molecule has 0 bridgehead atoms. The summed E-state index contributed by atoms with van der Waals surface area (Å²) in [5.41, 5.74) is 1.75. The van der Waals surface area contributed by atoms with Gasteiger partial charge in [-0.3, -0.25) is 14.3 Å². The molecule has 0 fully saturated rings. The van der Waals surface area contributed by atoms with Gasteiger partial charge in [0.15, 0.2) is 0 Å². The highest BCUT2D eigenvalue weighted by Crippen LogP contribution is 2.13. The highest BCUT2D eigenvalue weighted by Gasteiger charge is 2.23. The Kier molecular flexibility index (Phi) is 4.16. The highest BCUT2D eigenvalue weighted by molar-refractivity contribution is 6.43. The number of nitrogens with zero attached hydrogens (tertiary/aromatic N) is 2. The first-order valence-electron chi connectivity index (χ1n) is 6.48. The van der Waals surface area contributed by atoms with Crippen LogP contribution >= 0.6 is 0 Å². The van der Waals surface area contributed by atoms with Gasteiger partial charge in [0.05, 0.1) is 11.3 Å². The van der Waals surface area contributed by atoms with E-state index < -0.39 is 17.5 Å². The van der Waals surface area contributed by atoms with Crippen LogP contribution in [0.4, 0.5) is 4.39 Å². The molecule has 0 saturated heterocycles. The molecule has 1 aromatic carbocycles. The van der Waals surface area contributed by atoms with E-state index in [2.05, 4.69) is 10.4 Å². The number of hydrogen-bond acceptors (Lipinski definition) is 3. The zero-order valence-electron chi connectivity index (χ0n) is 12.1. The highest BCUT2D eigenvalue weighted by atomic mass is 19.1. The van der Waals surface area contributed by atoms with E-state index >= 15 is 0 Å². The van der Waals surface area contributed by atoms with E-state index in [0.29, 0.717) is 22.5 Å². The number of nitrogens with one attached hydrogen (secondary N) is 1. The van der Waals surface area contributed by atoms with E-state index in [1.54, 1.807) is 43.8 Å². The molecule has 1 amide bonds. The number of amides is 1. The summed E-state index contributed by atoms with van der Waals surface area (Å²) < 4.78 is 15.0. The number of hydrogen-bond donors (Lipinski definition) is 1. The van der Waals surface area contributed by atoms with E-state index in [0.717, 1.165) is 0 Å². The second kappa shape index (κ2) is 5.87. The molecule has 2 rings (SSSR count). The van der Waals surface area contributed by atoms with E-state index in [1.165, 1.54) is 6.07 Å². The van der Waals surface area contributed by atoms with E-state index in [-0.39, 0.29) is 6.54 Å². The summed E-state index contributed by atoms with van der Waals surface area (Å²) in [6.45, 7) is 3.36. The summed E-state index contributed by atoms with van der Waals surface area (Å²) in [7, 11) is 1.70. The number of carbonyl (C=O) groups excluding carboxylic acids is 2. The van der Waals surface area contributed by atoms with Crippen molar-refractivity contribution in [2.75, 3.05) is 0 Å². The third-order valence-corrected chi connectivity index (χ3v) is 3.34. The van der Waals surface area contributed by atoms with Gasteiger partial charge in [0, 0.05) is 24.8 Å². The van der Waals surface area contributed by atoms with Crippen molar-refractivity contribution >= 4 is 11.7 Å². The fourth-order valence-corrected chi connectivity index (χ4v) is 2.11. The first-order valence-corrected chi connectivity index (χ1v) is 6.48. The topological polar surface area (TPSA) is 64.0 Å². The molecule has 0 saturated carbocycles. The molecule has 0 aliphatic heterocycles. The van der Waals surface area contributed by atoms with Gasteiger partial charge in [0.2, 0.25) is 0 Å². The smallest absolute Gasteiger partial charge is 0.292 e. The van der Waals surface area contributed by atoms with Crippen LogP contribution in [-0.2, 0) is 18.4 Å². The maximum atomic E-state index is 13.4. The van der Waals surface area contributed by atoms with Crippen molar-refractivity contribution in [3.05, 3.63) is 52.6 Å². The van der Waals surface area contributed by atoms with Crippen LogP contribution in [-0.4, -0.2) is 21.5 Å². The Morgan fingerprint density at radius 2 is 1.95 bits per heavy atom. The average Bonchev–Trinajstić information content (AvgIpc) is 2.70. The van der Waals surface area contributed by atoms with Crippen LogP contribution in [0.2, 0.25) is 0 Å². The lowest BCUT2D eigenvalue weighted by Crippen LogP contribution is -2.31. The molecule has 5 nitrogen and oxygen atoms in total. The van der Waals surface area contributed by atoms with Gasteiger partial charge in [-0.05, 0) is 19.9 Å². The molecule has 0 atom stereocenters. The van der Waals surface area contributed by atoms with Gasteiger partial charge in [-0.15, -0.1) is 0 Å². The predicted octanol–water partition coefficient (Wildman–Crippen LogP) is 1.68. The average molecular weight is 289 g/mol. The van der Waals surface area contributed by atoms with Crippen molar-refractivity contribution in [3.8, 4) is 0 Å². The lowest BCUT2D eigenvalue weighted by molar-refractivity contribution is -0.117. The molecule has 0 unspecified atom stereocenters. The van der Waals surface area contributed by atoms with Gasteiger partial charge in [0.25, 0.3) is 11.7 Å². The first kappa shape index (κ1) is 14.9. The Balaban J connectivity index is 2.10. The number of aryl methyl sites for hydroxylation is 2. The van der Waals surface area contributed by atoms with Crippen LogP contribution in [0.1, 0.15) is 27.3 Å². The second-order valence-electron chi connectivity index (χ2n) is 4.77. The largest absolute Gasteiger partial charge is 0.345 e. The zero-order chi connectivity index (χ0) is 15.6. The summed E-state index contributed by atoms with van der Waals surface area (Å²) in [6.07, 6.45) is 0. The van der Waals surface area contributed by atoms with E-state index in [9.17, 15) is 14.0 Å². The van der Waals surface area contributed by atoms with Gasteiger partial charge < -0.3 is 5.32 Å². The molecule has 2 aromatic rings. The van der Waals surface area contributed by atoms with Crippen molar-refractivity contribution in [1.82, 2.24) is 15.1 Å². The van der Waals surface area contributed by atoms with Crippen LogP contribution in [0.25, 0.3) is 0 Å². The summed E-state index contributed by atoms with van der Waals surface area (Å²) in [6, 6.07) is 6.09. The van der Waals surface area contributed by atoms with Crippen molar-refractivity contribution < 1.29 is 14.0 Å².